The molecule has 1 N–H and O–H groups in total. The van der Waals surface area contributed by atoms with Crippen LogP contribution in [0.5, 0.6) is 5.75 Å². The summed E-state index contributed by atoms with van der Waals surface area (Å²) in [6, 6.07) is 16.5. The van der Waals surface area contributed by atoms with Crippen LogP contribution >= 0.6 is 23.1 Å². The molecule has 0 aliphatic carbocycles. The summed E-state index contributed by atoms with van der Waals surface area (Å²) in [5.74, 6) is -0.358. The summed E-state index contributed by atoms with van der Waals surface area (Å²) >= 11 is 2.86. The number of hydrogen-bond acceptors (Lipinski definition) is 6. The second-order valence-electron chi connectivity index (χ2n) is 7.08. The summed E-state index contributed by atoms with van der Waals surface area (Å²) in [7, 11) is -2.33. The van der Waals surface area contributed by atoms with E-state index in [1.54, 1.807) is 36.0 Å². The van der Waals surface area contributed by atoms with Gasteiger partial charge in [0.05, 0.1) is 12.6 Å². The van der Waals surface area contributed by atoms with Crippen LogP contribution in [0.25, 0.3) is 21.3 Å². The molecule has 0 bridgehead atoms. The fraction of sp³-hybridized carbons (Fsp3) is 0.174. The van der Waals surface area contributed by atoms with E-state index >= 15 is 0 Å². The predicted octanol–water partition coefficient (Wildman–Crippen LogP) is 5.35. The van der Waals surface area contributed by atoms with E-state index in [1.807, 2.05) is 36.6 Å². The Morgan fingerprint density at radius 3 is 2.53 bits per heavy atom. The number of thiophene rings is 1. The number of fused-ring (bicyclic) bond motifs is 1. The highest BCUT2D eigenvalue weighted by Crippen LogP contribution is 2.35. The van der Waals surface area contributed by atoms with E-state index in [0.717, 1.165) is 15.3 Å². The number of carbonyl (C=O) groups is 1. The van der Waals surface area contributed by atoms with Crippen molar-refractivity contribution in [2.45, 2.75) is 21.9 Å². The van der Waals surface area contributed by atoms with Gasteiger partial charge >= 0.3 is 5.97 Å². The zero-order valence-corrected chi connectivity index (χ0v) is 19.9. The molecule has 9 heteroatoms. The monoisotopic (exact) mass is 487 g/mol. The van der Waals surface area contributed by atoms with Gasteiger partial charge in [-0.15, -0.1) is 23.1 Å². The maximum atomic E-state index is 13.5. The lowest BCUT2D eigenvalue weighted by Crippen LogP contribution is -2.10. The number of thioether (sulfide) groups is 1. The fourth-order valence-electron chi connectivity index (χ4n) is 3.48. The summed E-state index contributed by atoms with van der Waals surface area (Å²) in [4.78, 5) is 13.1. The van der Waals surface area contributed by atoms with Crippen LogP contribution in [-0.2, 0) is 21.2 Å². The molecule has 0 atom stereocenters. The van der Waals surface area contributed by atoms with Crippen LogP contribution < -0.4 is 4.74 Å². The molecule has 166 valence electrons. The number of ether oxygens (including phenoxy) is 1. The lowest BCUT2D eigenvalue weighted by molar-refractivity contribution is -0.136. The minimum absolute atomic E-state index is 0.0917. The van der Waals surface area contributed by atoms with Gasteiger partial charge in [-0.1, -0.05) is 12.1 Å². The number of aromatic nitrogens is 1. The lowest BCUT2D eigenvalue weighted by Gasteiger charge is -2.06. The number of aryl methyl sites for hydroxylation is 1. The van der Waals surface area contributed by atoms with Crippen molar-refractivity contribution in [1.29, 1.82) is 0 Å². The standard InChI is InChI=1S/C23H21NO5S3/c1-29-17-6-9-20-19(13-17)16(5-11-22(25)26)14-24(20)32(27,28)23-12-10-21(31-23)15-3-7-18(30-2)8-4-15/h3-4,6-10,12-14H,5,11H2,1-2H3,(H,25,26). The second-order valence-corrected chi connectivity index (χ2v) is 11.1. The maximum absolute atomic E-state index is 13.5. The van der Waals surface area contributed by atoms with E-state index < -0.39 is 16.0 Å². The molecule has 4 aromatic rings. The number of hydrogen-bond donors (Lipinski definition) is 1. The molecule has 0 saturated heterocycles. The number of benzene rings is 2. The summed E-state index contributed by atoms with van der Waals surface area (Å²) in [6.07, 6.45) is 3.66. The molecular formula is C23H21NO5S3. The van der Waals surface area contributed by atoms with Crippen LogP contribution in [0.4, 0.5) is 0 Å². The quantitative estimate of drug-likeness (QED) is 0.337. The van der Waals surface area contributed by atoms with Crippen LogP contribution in [0.1, 0.15) is 12.0 Å². The van der Waals surface area contributed by atoms with Gasteiger partial charge in [0.2, 0.25) is 0 Å². The highest BCUT2D eigenvalue weighted by atomic mass is 32.2. The van der Waals surface area contributed by atoms with E-state index in [1.165, 1.54) is 28.6 Å². The molecule has 0 saturated carbocycles. The molecule has 2 aromatic carbocycles. The first-order valence-corrected chi connectivity index (χ1v) is 13.2. The fourth-order valence-corrected chi connectivity index (χ4v) is 6.68. The Kier molecular flexibility index (Phi) is 6.32. The molecular weight excluding hydrogens is 466 g/mol. The molecule has 0 fully saturated rings. The van der Waals surface area contributed by atoms with Gasteiger partial charge in [-0.25, -0.2) is 3.97 Å². The molecule has 2 aromatic heterocycles. The predicted molar refractivity (Wildman–Crippen MR) is 129 cm³/mol. The first-order chi connectivity index (χ1) is 15.3. The Morgan fingerprint density at radius 1 is 1.12 bits per heavy atom. The minimum Gasteiger partial charge on any atom is -0.497 e. The van der Waals surface area contributed by atoms with E-state index in [-0.39, 0.29) is 17.1 Å². The summed E-state index contributed by atoms with van der Waals surface area (Å²) in [5.41, 5.74) is 2.10. The lowest BCUT2D eigenvalue weighted by atomic mass is 10.1. The van der Waals surface area contributed by atoms with Gasteiger partial charge in [0, 0.05) is 27.8 Å². The average molecular weight is 488 g/mol. The number of aliphatic carboxylic acids is 1. The Morgan fingerprint density at radius 2 is 1.88 bits per heavy atom. The molecule has 0 spiro atoms. The van der Waals surface area contributed by atoms with Crippen LogP contribution in [-0.4, -0.2) is 36.8 Å². The molecule has 4 rings (SSSR count). The zero-order chi connectivity index (χ0) is 22.9. The average Bonchev–Trinajstić information content (AvgIpc) is 3.43. The number of methoxy groups -OCH3 is 1. The zero-order valence-electron chi connectivity index (χ0n) is 17.4. The van der Waals surface area contributed by atoms with Crippen LogP contribution in [0.2, 0.25) is 0 Å². The minimum atomic E-state index is -3.86. The molecule has 6 nitrogen and oxygen atoms in total. The Bertz CT molecular complexity index is 1390. The van der Waals surface area contributed by atoms with E-state index in [0.29, 0.717) is 22.2 Å². The van der Waals surface area contributed by atoms with E-state index in [2.05, 4.69) is 0 Å². The Labute approximate surface area is 194 Å². The van der Waals surface area contributed by atoms with Crippen molar-refractivity contribution in [1.82, 2.24) is 3.97 Å². The van der Waals surface area contributed by atoms with Crippen LogP contribution in [0, 0.1) is 0 Å². The first-order valence-electron chi connectivity index (χ1n) is 9.73. The van der Waals surface area contributed by atoms with Gasteiger partial charge in [-0.05, 0) is 66.3 Å². The topological polar surface area (TPSA) is 85.6 Å². The number of carboxylic acid groups (broad SMARTS) is 1. The van der Waals surface area contributed by atoms with E-state index in [9.17, 15) is 13.2 Å². The second kappa shape index (κ2) is 9.01. The first kappa shape index (κ1) is 22.4. The van der Waals surface area contributed by atoms with Crippen molar-refractivity contribution >= 4 is 50.0 Å². The number of nitrogens with zero attached hydrogens (tertiary/aromatic N) is 1. The largest absolute Gasteiger partial charge is 0.497 e. The number of carboxylic acids is 1. The van der Waals surface area contributed by atoms with Gasteiger partial charge in [0.25, 0.3) is 10.0 Å². The SMILES string of the molecule is COc1ccc2c(c1)c(CCC(=O)O)cn2S(=O)(=O)c1ccc(-c2ccc(SC)cc2)s1. The molecule has 32 heavy (non-hydrogen) atoms. The highest BCUT2D eigenvalue weighted by molar-refractivity contribution is 7.98. The summed E-state index contributed by atoms with van der Waals surface area (Å²) in [5, 5.41) is 9.75. The third kappa shape index (κ3) is 4.28. The van der Waals surface area contributed by atoms with Crippen LogP contribution in [0.15, 0.2) is 69.9 Å². The molecule has 0 unspecified atom stereocenters. The van der Waals surface area contributed by atoms with Crippen molar-refractivity contribution in [3.05, 3.63) is 66.4 Å². The maximum Gasteiger partial charge on any atom is 0.303 e. The van der Waals surface area contributed by atoms with Gasteiger partial charge in [-0.2, -0.15) is 8.42 Å². The Hall–Kier alpha value is -2.75. The van der Waals surface area contributed by atoms with Crippen molar-refractivity contribution in [3.63, 3.8) is 0 Å². The van der Waals surface area contributed by atoms with Crippen LogP contribution in [0.3, 0.4) is 0 Å². The van der Waals surface area contributed by atoms with Crippen molar-refractivity contribution in [2.24, 2.45) is 0 Å². The van der Waals surface area contributed by atoms with Crippen molar-refractivity contribution < 1.29 is 23.1 Å². The highest BCUT2D eigenvalue weighted by Gasteiger charge is 2.24. The van der Waals surface area contributed by atoms with Gasteiger partial charge < -0.3 is 9.84 Å². The molecule has 2 heterocycles. The Balaban J connectivity index is 1.77. The van der Waals surface area contributed by atoms with Gasteiger partial charge in [0.15, 0.2) is 0 Å². The normalized spacial score (nSPS) is 11.7. The molecule has 0 amide bonds. The third-order valence-electron chi connectivity index (χ3n) is 5.14. The molecule has 0 aliphatic rings. The van der Waals surface area contributed by atoms with Crippen molar-refractivity contribution in [2.75, 3.05) is 13.4 Å². The number of rotatable bonds is 8. The third-order valence-corrected chi connectivity index (χ3v) is 9.16. The smallest absolute Gasteiger partial charge is 0.303 e. The molecule has 0 radical (unpaired) electrons. The molecule has 0 aliphatic heterocycles. The van der Waals surface area contributed by atoms with Gasteiger partial charge in [-0.3, -0.25) is 4.79 Å². The summed E-state index contributed by atoms with van der Waals surface area (Å²) in [6.45, 7) is 0. The van der Waals surface area contributed by atoms with E-state index in [4.69, 9.17) is 9.84 Å². The van der Waals surface area contributed by atoms with Gasteiger partial charge in [0.1, 0.15) is 9.96 Å². The summed E-state index contributed by atoms with van der Waals surface area (Å²) < 4.78 is 33.8. The van der Waals surface area contributed by atoms with Crippen molar-refractivity contribution in [3.8, 4) is 16.2 Å².